The Morgan fingerprint density at radius 1 is 1.11 bits per heavy atom. The summed E-state index contributed by atoms with van der Waals surface area (Å²) in [4.78, 5) is 24.6. The molecule has 10 nitrogen and oxygen atoms in total. The predicted molar refractivity (Wildman–Crippen MR) is 135 cm³/mol. The van der Waals surface area contributed by atoms with Crippen LogP contribution in [0.25, 0.3) is 5.65 Å². The van der Waals surface area contributed by atoms with Gasteiger partial charge in [-0.25, -0.2) is 4.79 Å². The molecule has 1 atom stereocenters. The molecule has 2 heterocycles. The van der Waals surface area contributed by atoms with Gasteiger partial charge in [-0.05, 0) is 31.7 Å². The first-order valence-corrected chi connectivity index (χ1v) is 12.6. The van der Waals surface area contributed by atoms with Crippen molar-refractivity contribution in [3.8, 4) is 0 Å². The summed E-state index contributed by atoms with van der Waals surface area (Å²) < 4.78 is 13.0. The van der Waals surface area contributed by atoms with Gasteiger partial charge in [0.2, 0.25) is 5.91 Å². The van der Waals surface area contributed by atoms with Crippen molar-refractivity contribution in [3.05, 3.63) is 65.6 Å². The van der Waals surface area contributed by atoms with Crippen LogP contribution in [-0.2, 0) is 27.5 Å². The van der Waals surface area contributed by atoms with E-state index in [2.05, 4.69) is 20.8 Å². The van der Waals surface area contributed by atoms with E-state index in [1.165, 1.54) is 0 Å². The zero-order valence-electron chi connectivity index (χ0n) is 20.2. The molecule has 3 rings (SSSR count). The largest absolute Gasteiger partial charge is 0.445 e. The second-order valence-electron chi connectivity index (χ2n) is 8.57. The number of carbonyl (C=O) groups excluding carboxylic acids is 2. The lowest BCUT2D eigenvalue weighted by Gasteiger charge is -2.23. The van der Waals surface area contributed by atoms with Gasteiger partial charge >= 0.3 is 6.09 Å². The molecule has 0 saturated heterocycles. The summed E-state index contributed by atoms with van der Waals surface area (Å²) >= 11 is 1.64. The van der Waals surface area contributed by atoms with Crippen LogP contribution in [0.3, 0.4) is 0 Å². The molecule has 0 fully saturated rings. The van der Waals surface area contributed by atoms with Crippen LogP contribution >= 0.6 is 11.8 Å². The third kappa shape index (κ3) is 7.94. The fourth-order valence-electron chi connectivity index (χ4n) is 3.12. The number of ether oxygens (including phenoxy) is 2. The number of pyridine rings is 1. The van der Waals surface area contributed by atoms with E-state index in [0.29, 0.717) is 24.6 Å². The standard InChI is InChI=1S/C24H32N6O4S/c1-24(2,25)22(31)27-19(16-33-14-17-7-5-4-6-8-17)21-29-28-20-10-9-18(13-30(20)21)15-34-23(32)26-11-12-35-3/h4-10,13,19H,11-12,14-16,25H2,1-3H3,(H,26,32)(H,27,31)/t19-/m1/s1. The molecule has 0 aliphatic rings. The van der Waals surface area contributed by atoms with Crippen LogP contribution in [0.15, 0.2) is 48.7 Å². The Morgan fingerprint density at radius 2 is 1.89 bits per heavy atom. The van der Waals surface area contributed by atoms with Gasteiger partial charge in [-0.2, -0.15) is 11.8 Å². The van der Waals surface area contributed by atoms with Crippen LogP contribution in [0.5, 0.6) is 0 Å². The molecule has 11 heteroatoms. The Hall–Kier alpha value is -3.15. The van der Waals surface area contributed by atoms with Crippen LogP contribution in [0.4, 0.5) is 4.79 Å². The number of fused-ring (bicyclic) bond motifs is 1. The van der Waals surface area contributed by atoms with Crippen molar-refractivity contribution in [2.24, 2.45) is 5.73 Å². The number of nitrogens with one attached hydrogen (secondary N) is 2. The van der Waals surface area contributed by atoms with Crippen molar-refractivity contribution >= 4 is 29.4 Å². The topological polar surface area (TPSA) is 133 Å². The third-order valence-corrected chi connectivity index (χ3v) is 5.65. The molecule has 188 valence electrons. The van der Waals surface area contributed by atoms with Gasteiger partial charge in [0, 0.05) is 24.1 Å². The molecule has 0 aliphatic heterocycles. The number of hydrogen-bond acceptors (Lipinski definition) is 8. The minimum atomic E-state index is -1.08. The Labute approximate surface area is 209 Å². The number of rotatable bonds is 12. The minimum Gasteiger partial charge on any atom is -0.445 e. The normalized spacial score (nSPS) is 12.3. The minimum absolute atomic E-state index is 0.0794. The fraction of sp³-hybridized carbons (Fsp3) is 0.417. The molecule has 0 aliphatic carbocycles. The summed E-state index contributed by atoms with van der Waals surface area (Å²) in [5.41, 5.74) is 7.26. The number of nitrogens with two attached hydrogens (primary N) is 1. The van der Waals surface area contributed by atoms with Crippen molar-refractivity contribution in [1.29, 1.82) is 0 Å². The molecule has 1 aromatic carbocycles. The lowest BCUT2D eigenvalue weighted by molar-refractivity contribution is -0.126. The second kappa shape index (κ2) is 12.5. The lowest BCUT2D eigenvalue weighted by atomic mass is 10.1. The average Bonchev–Trinajstić information content (AvgIpc) is 3.25. The van der Waals surface area contributed by atoms with Crippen molar-refractivity contribution in [2.45, 2.75) is 38.6 Å². The van der Waals surface area contributed by atoms with Crippen LogP contribution in [0, 0.1) is 0 Å². The number of alkyl carbamates (subject to hydrolysis) is 1. The molecule has 35 heavy (non-hydrogen) atoms. The van der Waals surface area contributed by atoms with Gasteiger partial charge in [0.05, 0.1) is 18.8 Å². The summed E-state index contributed by atoms with van der Waals surface area (Å²) in [7, 11) is 0. The molecule has 2 aromatic heterocycles. The maximum absolute atomic E-state index is 12.7. The quantitative estimate of drug-likeness (QED) is 0.323. The van der Waals surface area contributed by atoms with Gasteiger partial charge in [0.25, 0.3) is 0 Å². The van der Waals surface area contributed by atoms with Gasteiger partial charge in [-0.1, -0.05) is 36.4 Å². The summed E-state index contributed by atoms with van der Waals surface area (Å²) in [6.45, 7) is 4.42. The molecular weight excluding hydrogens is 468 g/mol. The molecule has 4 N–H and O–H groups in total. The van der Waals surface area contributed by atoms with E-state index in [4.69, 9.17) is 15.2 Å². The van der Waals surface area contributed by atoms with E-state index in [1.807, 2.05) is 42.7 Å². The number of nitrogens with zero attached hydrogens (tertiary/aromatic N) is 3. The molecular formula is C24H32N6O4S. The monoisotopic (exact) mass is 500 g/mol. The Balaban J connectivity index is 1.75. The lowest BCUT2D eigenvalue weighted by Crippen LogP contribution is -2.50. The smallest absolute Gasteiger partial charge is 0.407 e. The van der Waals surface area contributed by atoms with Crippen LogP contribution in [-0.4, -0.2) is 57.3 Å². The molecule has 0 radical (unpaired) electrons. The second-order valence-corrected chi connectivity index (χ2v) is 9.55. The SMILES string of the molecule is CSCCNC(=O)OCc1ccc2nnc([C@@H](COCc3ccccc3)NC(=O)C(C)(C)N)n2c1. The van der Waals surface area contributed by atoms with Crippen molar-refractivity contribution in [2.75, 3.05) is 25.2 Å². The molecule has 3 aromatic rings. The Kier molecular flexibility index (Phi) is 9.47. The van der Waals surface area contributed by atoms with E-state index < -0.39 is 17.7 Å². The highest BCUT2D eigenvalue weighted by Gasteiger charge is 2.28. The highest BCUT2D eigenvalue weighted by molar-refractivity contribution is 7.98. The number of thioether (sulfide) groups is 1. The number of benzene rings is 1. The van der Waals surface area contributed by atoms with Crippen molar-refractivity contribution in [3.63, 3.8) is 0 Å². The highest BCUT2D eigenvalue weighted by Crippen LogP contribution is 2.17. The molecule has 0 bridgehead atoms. The molecule has 0 unspecified atom stereocenters. The Morgan fingerprint density at radius 3 is 2.60 bits per heavy atom. The summed E-state index contributed by atoms with van der Waals surface area (Å²) in [5, 5.41) is 14.1. The van der Waals surface area contributed by atoms with Crippen LogP contribution in [0.2, 0.25) is 0 Å². The first-order chi connectivity index (χ1) is 16.8. The maximum atomic E-state index is 12.7. The van der Waals surface area contributed by atoms with Crippen molar-refractivity contribution < 1.29 is 19.1 Å². The van der Waals surface area contributed by atoms with Crippen LogP contribution < -0.4 is 16.4 Å². The Bertz CT molecular complexity index is 1120. The number of aromatic nitrogens is 3. The predicted octanol–water partition coefficient (Wildman–Crippen LogP) is 2.43. The summed E-state index contributed by atoms with van der Waals surface area (Å²) in [6, 6.07) is 12.7. The van der Waals surface area contributed by atoms with Gasteiger partial charge in [0.1, 0.15) is 12.6 Å². The van der Waals surface area contributed by atoms with Crippen molar-refractivity contribution in [1.82, 2.24) is 25.2 Å². The van der Waals surface area contributed by atoms with Crippen LogP contribution in [0.1, 0.15) is 36.8 Å². The molecule has 0 spiro atoms. The van der Waals surface area contributed by atoms with Gasteiger partial charge < -0.3 is 25.8 Å². The van der Waals surface area contributed by atoms with E-state index in [9.17, 15) is 9.59 Å². The highest BCUT2D eigenvalue weighted by atomic mass is 32.2. The fourth-order valence-corrected chi connectivity index (χ4v) is 3.43. The van der Waals surface area contributed by atoms with E-state index in [0.717, 1.165) is 16.9 Å². The first-order valence-electron chi connectivity index (χ1n) is 11.2. The molecule has 0 saturated carbocycles. The summed E-state index contributed by atoms with van der Waals surface area (Å²) in [6.07, 6.45) is 3.27. The van der Waals surface area contributed by atoms with Gasteiger partial charge in [-0.15, -0.1) is 10.2 Å². The maximum Gasteiger partial charge on any atom is 0.407 e. The van der Waals surface area contributed by atoms with E-state index >= 15 is 0 Å². The first kappa shape index (κ1) is 26.5. The van der Waals surface area contributed by atoms with Gasteiger partial charge in [0.15, 0.2) is 11.5 Å². The number of amides is 2. The average molecular weight is 501 g/mol. The van der Waals surface area contributed by atoms with E-state index in [-0.39, 0.29) is 19.1 Å². The summed E-state index contributed by atoms with van der Waals surface area (Å²) in [5.74, 6) is 0.949. The zero-order valence-corrected chi connectivity index (χ0v) is 21.0. The van der Waals surface area contributed by atoms with E-state index in [1.54, 1.807) is 42.3 Å². The zero-order chi connectivity index (χ0) is 25.3. The third-order valence-electron chi connectivity index (χ3n) is 5.03. The van der Waals surface area contributed by atoms with Gasteiger partial charge in [-0.3, -0.25) is 9.20 Å². The molecule has 2 amide bonds. The number of hydrogen-bond donors (Lipinski definition) is 3. The number of carbonyl (C=O) groups is 2.